The fraction of sp³-hybridized carbons (Fsp3) is 0.300. The lowest BCUT2D eigenvalue weighted by Crippen LogP contribution is -2.09. The number of hydrogen-bond donors (Lipinski definition) is 1. The monoisotopic (exact) mass is 295 g/mol. The molecule has 0 saturated carbocycles. The van der Waals surface area contributed by atoms with Crippen molar-refractivity contribution in [1.29, 1.82) is 0 Å². The molecule has 1 rings (SSSR count). The Bertz CT molecular complexity index is 417. The number of nitrogen functional groups attached to an aromatic ring is 1. The van der Waals surface area contributed by atoms with Crippen LogP contribution in [0, 0.1) is 0 Å². The first-order valence-corrected chi connectivity index (χ1v) is 5.25. The van der Waals surface area contributed by atoms with Crippen LogP contribution in [-0.4, -0.2) is 5.78 Å². The van der Waals surface area contributed by atoms with Crippen molar-refractivity contribution in [3.8, 4) is 0 Å². The number of ketones is 1. The smallest absolute Gasteiger partial charge is 0.399 e. The average molecular weight is 296 g/mol. The molecule has 0 amide bonds. The maximum atomic E-state index is 12.5. The molecule has 0 aliphatic carbocycles. The molecule has 0 heterocycles. The topological polar surface area (TPSA) is 43.1 Å². The SMILES string of the molecule is CC(=O)C(Br)c1cc(N)cc(C(F)(F)F)c1. The summed E-state index contributed by atoms with van der Waals surface area (Å²) in [5, 5.41) is 0. The summed E-state index contributed by atoms with van der Waals surface area (Å²) >= 11 is 3.01. The van der Waals surface area contributed by atoms with E-state index in [0.29, 0.717) is 0 Å². The van der Waals surface area contributed by atoms with Crippen molar-refractivity contribution in [2.75, 3.05) is 5.73 Å². The highest BCUT2D eigenvalue weighted by Gasteiger charge is 2.31. The molecular formula is C10H9BrF3NO. The van der Waals surface area contributed by atoms with Gasteiger partial charge in [-0.25, -0.2) is 0 Å². The fourth-order valence-corrected chi connectivity index (χ4v) is 1.49. The number of halogens is 4. The lowest BCUT2D eigenvalue weighted by molar-refractivity contribution is -0.137. The average Bonchev–Trinajstić information content (AvgIpc) is 2.14. The maximum Gasteiger partial charge on any atom is 0.416 e. The van der Waals surface area contributed by atoms with Gasteiger partial charge in [-0.15, -0.1) is 0 Å². The molecule has 1 aromatic rings. The first-order chi connectivity index (χ1) is 7.21. The van der Waals surface area contributed by atoms with E-state index < -0.39 is 16.6 Å². The molecule has 0 radical (unpaired) electrons. The van der Waals surface area contributed by atoms with Gasteiger partial charge in [-0.05, 0) is 30.7 Å². The van der Waals surface area contributed by atoms with Gasteiger partial charge in [0.25, 0.3) is 0 Å². The molecule has 0 spiro atoms. The Morgan fingerprint density at radius 3 is 2.38 bits per heavy atom. The number of hydrogen-bond acceptors (Lipinski definition) is 2. The van der Waals surface area contributed by atoms with Crippen LogP contribution < -0.4 is 5.73 Å². The predicted octanol–water partition coefficient (Wildman–Crippen LogP) is 3.31. The van der Waals surface area contributed by atoms with E-state index in [4.69, 9.17) is 5.73 Å². The predicted molar refractivity (Wildman–Crippen MR) is 58.2 cm³/mol. The molecule has 88 valence electrons. The van der Waals surface area contributed by atoms with Crippen LogP contribution in [0.4, 0.5) is 18.9 Å². The fourth-order valence-electron chi connectivity index (χ4n) is 1.22. The van der Waals surface area contributed by atoms with E-state index in [9.17, 15) is 18.0 Å². The third kappa shape index (κ3) is 2.98. The minimum atomic E-state index is -4.46. The van der Waals surface area contributed by atoms with Crippen molar-refractivity contribution in [3.63, 3.8) is 0 Å². The van der Waals surface area contributed by atoms with E-state index in [1.807, 2.05) is 0 Å². The van der Waals surface area contributed by atoms with Crippen LogP contribution in [-0.2, 0) is 11.0 Å². The molecule has 0 bridgehead atoms. The van der Waals surface area contributed by atoms with E-state index >= 15 is 0 Å². The highest BCUT2D eigenvalue weighted by Crippen LogP contribution is 2.34. The number of carbonyl (C=O) groups is 1. The van der Waals surface area contributed by atoms with Crippen LogP contribution >= 0.6 is 15.9 Å². The molecular weight excluding hydrogens is 287 g/mol. The van der Waals surface area contributed by atoms with Crippen molar-refractivity contribution in [1.82, 2.24) is 0 Å². The van der Waals surface area contributed by atoms with Crippen LogP contribution in [0.15, 0.2) is 18.2 Å². The summed E-state index contributed by atoms with van der Waals surface area (Å²) in [7, 11) is 0. The summed E-state index contributed by atoms with van der Waals surface area (Å²) in [6.07, 6.45) is -4.46. The van der Waals surface area contributed by atoms with Crippen molar-refractivity contribution in [3.05, 3.63) is 29.3 Å². The zero-order valence-corrected chi connectivity index (χ0v) is 9.89. The number of rotatable bonds is 2. The third-order valence-electron chi connectivity index (χ3n) is 1.95. The largest absolute Gasteiger partial charge is 0.416 e. The van der Waals surface area contributed by atoms with Gasteiger partial charge >= 0.3 is 6.18 Å². The number of anilines is 1. The molecule has 16 heavy (non-hydrogen) atoms. The van der Waals surface area contributed by atoms with Crippen LogP contribution in [0.3, 0.4) is 0 Å². The van der Waals surface area contributed by atoms with Crippen molar-refractivity contribution in [2.24, 2.45) is 0 Å². The summed E-state index contributed by atoms with van der Waals surface area (Å²) in [5.74, 6) is -0.279. The Hall–Kier alpha value is -1.04. The first-order valence-electron chi connectivity index (χ1n) is 4.34. The Balaban J connectivity index is 3.23. The molecule has 1 atom stereocenters. The highest BCUT2D eigenvalue weighted by atomic mass is 79.9. The molecule has 0 aliphatic heterocycles. The van der Waals surface area contributed by atoms with Gasteiger partial charge in [-0.3, -0.25) is 4.79 Å². The summed E-state index contributed by atoms with van der Waals surface area (Å²) in [6.45, 7) is 1.29. The standard InChI is InChI=1S/C10H9BrF3NO/c1-5(16)9(11)6-2-7(10(12,13)14)4-8(15)3-6/h2-4,9H,15H2,1H3. The van der Waals surface area contributed by atoms with E-state index in [0.717, 1.165) is 12.1 Å². The van der Waals surface area contributed by atoms with Crippen LogP contribution in [0.1, 0.15) is 22.9 Å². The highest BCUT2D eigenvalue weighted by molar-refractivity contribution is 9.09. The second-order valence-corrected chi connectivity index (χ2v) is 4.27. The summed E-state index contributed by atoms with van der Waals surface area (Å²) in [4.78, 5) is 10.3. The van der Waals surface area contributed by atoms with Gasteiger partial charge in [-0.1, -0.05) is 15.9 Å². The lowest BCUT2D eigenvalue weighted by atomic mass is 10.0. The zero-order chi connectivity index (χ0) is 12.5. The normalized spacial score (nSPS) is 13.6. The summed E-state index contributed by atoms with van der Waals surface area (Å²) in [6, 6.07) is 3.09. The summed E-state index contributed by atoms with van der Waals surface area (Å²) < 4.78 is 37.4. The first kappa shape index (κ1) is 13.0. The van der Waals surface area contributed by atoms with E-state index in [1.54, 1.807) is 0 Å². The van der Waals surface area contributed by atoms with Crippen molar-refractivity contribution in [2.45, 2.75) is 17.9 Å². The molecule has 6 heteroatoms. The molecule has 1 unspecified atom stereocenters. The Labute approximate surface area is 98.8 Å². The van der Waals surface area contributed by atoms with E-state index in [2.05, 4.69) is 15.9 Å². The van der Waals surface area contributed by atoms with Crippen molar-refractivity contribution >= 4 is 27.4 Å². The van der Waals surface area contributed by atoms with Gasteiger partial charge in [0.2, 0.25) is 0 Å². The Kier molecular flexibility index (Phi) is 3.62. The van der Waals surface area contributed by atoms with Crippen LogP contribution in [0.25, 0.3) is 0 Å². The number of alkyl halides is 4. The minimum Gasteiger partial charge on any atom is -0.399 e. The molecule has 1 aromatic carbocycles. The maximum absolute atomic E-state index is 12.5. The molecule has 2 N–H and O–H groups in total. The van der Waals surface area contributed by atoms with Crippen LogP contribution in [0.2, 0.25) is 0 Å². The van der Waals surface area contributed by atoms with Gasteiger partial charge in [0.15, 0.2) is 0 Å². The lowest BCUT2D eigenvalue weighted by Gasteiger charge is -2.12. The minimum absolute atomic E-state index is 0.0180. The van der Waals surface area contributed by atoms with Gasteiger partial charge in [0.05, 0.1) is 10.4 Å². The second-order valence-electron chi connectivity index (χ2n) is 3.36. The van der Waals surface area contributed by atoms with Gasteiger partial charge in [0.1, 0.15) is 5.78 Å². The Morgan fingerprint density at radius 2 is 1.94 bits per heavy atom. The molecule has 0 aliphatic rings. The van der Waals surface area contributed by atoms with Gasteiger partial charge in [-0.2, -0.15) is 13.2 Å². The van der Waals surface area contributed by atoms with Gasteiger partial charge in [0, 0.05) is 5.69 Å². The zero-order valence-electron chi connectivity index (χ0n) is 8.31. The number of Topliss-reactive ketones (excluding diaryl/α,β-unsaturated/α-hetero) is 1. The molecule has 2 nitrogen and oxygen atoms in total. The number of carbonyl (C=O) groups excluding carboxylic acids is 1. The van der Waals surface area contributed by atoms with Gasteiger partial charge < -0.3 is 5.73 Å². The number of nitrogens with two attached hydrogens (primary N) is 1. The molecule has 0 fully saturated rings. The molecule has 0 saturated heterocycles. The van der Waals surface area contributed by atoms with E-state index in [1.165, 1.54) is 13.0 Å². The molecule has 0 aromatic heterocycles. The quantitative estimate of drug-likeness (QED) is 0.672. The van der Waals surface area contributed by atoms with Crippen LogP contribution in [0.5, 0.6) is 0 Å². The number of benzene rings is 1. The van der Waals surface area contributed by atoms with Crippen molar-refractivity contribution < 1.29 is 18.0 Å². The summed E-state index contributed by atoms with van der Waals surface area (Å²) in [5.41, 5.74) is 4.70. The third-order valence-corrected chi connectivity index (χ3v) is 3.13. The van der Waals surface area contributed by atoms with E-state index in [-0.39, 0.29) is 17.0 Å². The second kappa shape index (κ2) is 4.45. The Morgan fingerprint density at radius 1 is 1.38 bits per heavy atom.